The zero-order valence-corrected chi connectivity index (χ0v) is 15.5. The molecule has 0 aromatic carbocycles. The first-order valence-electron chi connectivity index (χ1n) is 9.72. The summed E-state index contributed by atoms with van der Waals surface area (Å²) in [5, 5.41) is 39.1. The molecule has 152 valence electrons. The van der Waals surface area contributed by atoms with Gasteiger partial charge in [0.25, 0.3) is 0 Å². The Hall–Kier alpha value is -1.70. The molecule has 7 heteroatoms. The summed E-state index contributed by atoms with van der Waals surface area (Å²) in [6.07, 6.45) is 3.84. The second-order valence-electron chi connectivity index (χ2n) is 7.47. The molecule has 0 saturated heterocycles. The number of carboxylic acid groups (broad SMARTS) is 1. The quantitative estimate of drug-likeness (QED) is 0.409. The van der Waals surface area contributed by atoms with E-state index in [1.165, 1.54) is 6.26 Å². The molecule has 1 aliphatic carbocycles. The average molecular weight is 382 g/mol. The lowest BCUT2D eigenvalue weighted by Gasteiger charge is -2.23. The lowest BCUT2D eigenvalue weighted by molar-refractivity contribution is -0.137. The Bertz CT molecular complexity index is 583. The van der Waals surface area contributed by atoms with Crippen molar-refractivity contribution in [3.63, 3.8) is 0 Å². The Balaban J connectivity index is 1.77. The van der Waals surface area contributed by atoms with Gasteiger partial charge in [-0.15, -0.1) is 0 Å². The molecule has 1 aromatic rings. The summed E-state index contributed by atoms with van der Waals surface area (Å²) in [4.78, 5) is 22.7. The van der Waals surface area contributed by atoms with Crippen molar-refractivity contribution in [2.24, 2.45) is 11.8 Å². The van der Waals surface area contributed by atoms with Crippen LogP contribution in [0.1, 0.15) is 69.7 Å². The van der Waals surface area contributed by atoms with Crippen LogP contribution in [-0.4, -0.2) is 44.4 Å². The highest BCUT2D eigenvalue weighted by molar-refractivity contribution is 5.83. The third-order valence-corrected chi connectivity index (χ3v) is 5.54. The molecule has 2 rings (SSSR count). The van der Waals surface area contributed by atoms with Crippen molar-refractivity contribution < 1.29 is 34.4 Å². The van der Waals surface area contributed by atoms with Crippen LogP contribution >= 0.6 is 0 Å². The van der Waals surface area contributed by atoms with Crippen LogP contribution in [0.2, 0.25) is 0 Å². The summed E-state index contributed by atoms with van der Waals surface area (Å²) >= 11 is 0. The molecule has 1 aromatic heterocycles. The number of carbonyl (C=O) groups is 2. The second kappa shape index (κ2) is 10.6. The normalized spacial score (nSPS) is 26.2. The Morgan fingerprint density at radius 2 is 1.70 bits per heavy atom. The minimum Gasteiger partial charge on any atom is -0.481 e. The summed E-state index contributed by atoms with van der Waals surface area (Å²) in [6, 6.07) is 3.15. The third kappa shape index (κ3) is 6.45. The van der Waals surface area contributed by atoms with E-state index in [9.17, 15) is 24.9 Å². The number of ketones is 1. The van der Waals surface area contributed by atoms with Gasteiger partial charge in [0.15, 0.2) is 11.9 Å². The molecule has 0 bridgehead atoms. The standard InChI is InChI=1S/C20H30O7/c21-15(20(26)18-7-5-11-27-18)10-9-14-13(16(22)12-17(14)23)6-3-1-2-4-8-19(24)25/h5,7,11,13-14,16-17,20,22-23,26H,1-4,6,8-10,12H2,(H,24,25)/t13-,14-,16+,17-,20?/m1/s1. The van der Waals surface area contributed by atoms with Gasteiger partial charge in [-0.2, -0.15) is 0 Å². The Labute approximate surface area is 159 Å². The molecule has 1 unspecified atom stereocenters. The zero-order valence-electron chi connectivity index (χ0n) is 15.5. The van der Waals surface area contributed by atoms with Crippen LogP contribution in [0.25, 0.3) is 0 Å². The number of aliphatic carboxylic acids is 1. The van der Waals surface area contributed by atoms with E-state index < -0.39 is 24.3 Å². The minimum atomic E-state index is -1.30. The number of rotatable bonds is 12. The van der Waals surface area contributed by atoms with Crippen LogP contribution in [0.5, 0.6) is 0 Å². The minimum absolute atomic E-state index is 0.0759. The maximum Gasteiger partial charge on any atom is 0.303 e. The fraction of sp³-hybridized carbons (Fsp3) is 0.700. The number of carboxylic acids is 1. The van der Waals surface area contributed by atoms with Gasteiger partial charge in [-0.05, 0) is 49.7 Å². The Kier molecular flexibility index (Phi) is 8.47. The van der Waals surface area contributed by atoms with Crippen molar-refractivity contribution in [1.82, 2.24) is 0 Å². The van der Waals surface area contributed by atoms with Crippen LogP contribution in [0, 0.1) is 11.8 Å². The van der Waals surface area contributed by atoms with Crippen LogP contribution in [0.3, 0.4) is 0 Å². The smallest absolute Gasteiger partial charge is 0.303 e. The molecular weight excluding hydrogens is 352 g/mol. The highest BCUT2D eigenvalue weighted by Gasteiger charge is 2.41. The van der Waals surface area contributed by atoms with Crippen molar-refractivity contribution >= 4 is 11.8 Å². The van der Waals surface area contributed by atoms with Gasteiger partial charge in [-0.3, -0.25) is 9.59 Å². The molecule has 1 fully saturated rings. The number of hydrogen-bond donors (Lipinski definition) is 4. The third-order valence-electron chi connectivity index (χ3n) is 5.54. The number of unbranched alkanes of at least 4 members (excludes halogenated alkanes) is 3. The van der Waals surface area contributed by atoms with E-state index in [-0.39, 0.29) is 36.2 Å². The first kappa shape index (κ1) is 21.6. The number of hydrogen-bond acceptors (Lipinski definition) is 6. The van der Waals surface area contributed by atoms with E-state index in [4.69, 9.17) is 9.52 Å². The van der Waals surface area contributed by atoms with E-state index in [0.29, 0.717) is 19.3 Å². The maximum absolute atomic E-state index is 12.2. The van der Waals surface area contributed by atoms with Crippen molar-refractivity contribution in [3.05, 3.63) is 24.2 Å². The second-order valence-corrected chi connectivity index (χ2v) is 7.47. The summed E-state index contributed by atoms with van der Waals surface area (Å²) in [5.74, 6) is -1.18. The number of Topliss-reactive ketones (excluding diaryl/α,β-unsaturated/α-hetero) is 1. The molecular formula is C20H30O7. The molecule has 0 aliphatic heterocycles. The van der Waals surface area contributed by atoms with E-state index in [0.717, 1.165) is 25.7 Å². The Morgan fingerprint density at radius 1 is 1.04 bits per heavy atom. The van der Waals surface area contributed by atoms with E-state index in [1.54, 1.807) is 12.1 Å². The molecule has 7 nitrogen and oxygen atoms in total. The van der Waals surface area contributed by atoms with Gasteiger partial charge in [0.05, 0.1) is 18.5 Å². The molecule has 0 amide bonds. The molecule has 0 radical (unpaired) electrons. The summed E-state index contributed by atoms with van der Waals surface area (Å²) < 4.78 is 5.05. The summed E-state index contributed by atoms with van der Waals surface area (Å²) in [5.41, 5.74) is 0. The van der Waals surface area contributed by atoms with Gasteiger partial charge < -0.3 is 24.8 Å². The molecule has 1 heterocycles. The fourth-order valence-electron chi connectivity index (χ4n) is 4.04. The number of furan rings is 1. The molecule has 27 heavy (non-hydrogen) atoms. The lowest BCUT2D eigenvalue weighted by Crippen LogP contribution is -2.24. The van der Waals surface area contributed by atoms with Gasteiger partial charge in [0, 0.05) is 12.8 Å². The SMILES string of the molecule is O=C(O)CCCCCC[C@@H]1[C@@H](CCC(=O)C(O)c2ccco2)[C@H](O)C[C@@H]1O. The van der Waals surface area contributed by atoms with Gasteiger partial charge >= 0.3 is 5.97 Å². The summed E-state index contributed by atoms with van der Waals surface area (Å²) in [7, 11) is 0. The molecule has 1 aliphatic rings. The largest absolute Gasteiger partial charge is 0.481 e. The molecule has 0 spiro atoms. The summed E-state index contributed by atoms with van der Waals surface area (Å²) in [6.45, 7) is 0. The van der Waals surface area contributed by atoms with Gasteiger partial charge in [-0.25, -0.2) is 0 Å². The predicted octanol–water partition coefficient (Wildman–Crippen LogP) is 2.45. The van der Waals surface area contributed by atoms with Crippen molar-refractivity contribution in [3.8, 4) is 0 Å². The molecule has 1 saturated carbocycles. The van der Waals surface area contributed by atoms with Crippen molar-refractivity contribution in [2.75, 3.05) is 0 Å². The average Bonchev–Trinajstić information content (AvgIpc) is 3.24. The Morgan fingerprint density at radius 3 is 2.33 bits per heavy atom. The number of aliphatic hydroxyl groups is 3. The fourth-order valence-corrected chi connectivity index (χ4v) is 4.04. The van der Waals surface area contributed by atoms with Gasteiger partial charge in [-0.1, -0.05) is 19.3 Å². The van der Waals surface area contributed by atoms with Gasteiger partial charge in [0.2, 0.25) is 0 Å². The van der Waals surface area contributed by atoms with Crippen LogP contribution in [0.15, 0.2) is 22.8 Å². The highest BCUT2D eigenvalue weighted by atomic mass is 16.4. The van der Waals surface area contributed by atoms with Gasteiger partial charge in [0.1, 0.15) is 5.76 Å². The highest BCUT2D eigenvalue weighted by Crippen LogP contribution is 2.39. The molecule has 4 N–H and O–H groups in total. The number of carbonyl (C=O) groups excluding carboxylic acids is 1. The van der Waals surface area contributed by atoms with E-state index in [1.807, 2.05) is 0 Å². The topological polar surface area (TPSA) is 128 Å². The van der Waals surface area contributed by atoms with Crippen molar-refractivity contribution in [2.45, 2.75) is 76.1 Å². The predicted molar refractivity (Wildman–Crippen MR) is 96.9 cm³/mol. The van der Waals surface area contributed by atoms with Crippen LogP contribution in [-0.2, 0) is 9.59 Å². The zero-order chi connectivity index (χ0) is 19.8. The first-order chi connectivity index (χ1) is 12.9. The number of aliphatic hydroxyl groups excluding tert-OH is 3. The van der Waals surface area contributed by atoms with Crippen LogP contribution < -0.4 is 0 Å². The monoisotopic (exact) mass is 382 g/mol. The maximum atomic E-state index is 12.2. The van der Waals surface area contributed by atoms with E-state index in [2.05, 4.69) is 0 Å². The lowest BCUT2D eigenvalue weighted by atomic mass is 9.84. The van der Waals surface area contributed by atoms with Crippen molar-refractivity contribution in [1.29, 1.82) is 0 Å². The van der Waals surface area contributed by atoms with Crippen LogP contribution in [0.4, 0.5) is 0 Å². The first-order valence-corrected chi connectivity index (χ1v) is 9.72. The molecule has 5 atom stereocenters. The van der Waals surface area contributed by atoms with E-state index >= 15 is 0 Å².